The topological polar surface area (TPSA) is 83.0 Å². The molecule has 0 spiro atoms. The van der Waals surface area contributed by atoms with E-state index in [0.717, 1.165) is 6.07 Å². The van der Waals surface area contributed by atoms with Gasteiger partial charge in [-0.2, -0.15) is 13.2 Å². The van der Waals surface area contributed by atoms with Crippen molar-refractivity contribution < 1.29 is 22.7 Å². The van der Waals surface area contributed by atoms with Crippen molar-refractivity contribution in [1.82, 2.24) is 14.8 Å². The Hall–Kier alpha value is -2.88. The number of ether oxygens (including phenoxy) is 1. The highest BCUT2D eigenvalue weighted by Gasteiger charge is 2.35. The average Bonchev–Trinajstić information content (AvgIpc) is 3.04. The quantitative estimate of drug-likeness (QED) is 0.597. The van der Waals surface area contributed by atoms with Crippen LogP contribution < -0.4 is 10.5 Å². The molecule has 2 aromatic carbocycles. The second-order valence-electron chi connectivity index (χ2n) is 6.25. The first kappa shape index (κ1) is 20.8. The maximum atomic E-state index is 13.3. The van der Waals surface area contributed by atoms with Gasteiger partial charge in [-0.25, -0.2) is 0 Å². The summed E-state index contributed by atoms with van der Waals surface area (Å²) >= 11 is 3.31. The lowest BCUT2D eigenvalue weighted by Gasteiger charge is -2.16. The van der Waals surface area contributed by atoms with Crippen LogP contribution in [0.25, 0.3) is 11.4 Å². The largest absolute Gasteiger partial charge is 0.482 e. The second kappa shape index (κ2) is 7.86. The van der Waals surface area contributed by atoms with E-state index in [0.29, 0.717) is 21.6 Å². The standard InChI is InChI=1S/C19H16BrF3N4O2/c1-10(29-15-8-7-11(16(24)28)9-14(15)20)17-25-26-18(27(17)2)12-5-3-4-6-13(12)19(21,22)23/h3-10H,1-2H3,(H2,24,28)/t10-/m0/s1. The number of benzene rings is 2. The van der Waals surface area contributed by atoms with Gasteiger partial charge in [0.2, 0.25) is 5.91 Å². The number of halogens is 4. The summed E-state index contributed by atoms with van der Waals surface area (Å²) in [5.74, 6) is 0.253. The van der Waals surface area contributed by atoms with Crippen molar-refractivity contribution in [3.63, 3.8) is 0 Å². The molecule has 152 valence electrons. The van der Waals surface area contributed by atoms with Crippen molar-refractivity contribution in [3.05, 3.63) is 63.9 Å². The van der Waals surface area contributed by atoms with Crippen LogP contribution in [0, 0.1) is 0 Å². The molecular formula is C19H16BrF3N4O2. The number of aromatic nitrogens is 3. The predicted molar refractivity (Wildman–Crippen MR) is 103 cm³/mol. The number of carbonyl (C=O) groups excluding carboxylic acids is 1. The highest BCUT2D eigenvalue weighted by molar-refractivity contribution is 9.10. The fourth-order valence-corrected chi connectivity index (χ4v) is 3.32. The third-order valence-corrected chi connectivity index (χ3v) is 4.89. The fraction of sp³-hybridized carbons (Fsp3) is 0.211. The second-order valence-corrected chi connectivity index (χ2v) is 7.11. The molecule has 0 aliphatic rings. The monoisotopic (exact) mass is 468 g/mol. The van der Waals surface area contributed by atoms with Gasteiger partial charge in [-0.3, -0.25) is 4.79 Å². The summed E-state index contributed by atoms with van der Waals surface area (Å²) < 4.78 is 47.8. The van der Waals surface area contributed by atoms with Gasteiger partial charge in [0.1, 0.15) is 5.75 Å². The number of alkyl halides is 3. The zero-order valence-corrected chi connectivity index (χ0v) is 17.0. The van der Waals surface area contributed by atoms with Gasteiger partial charge < -0.3 is 15.0 Å². The number of nitrogens with zero attached hydrogens (tertiary/aromatic N) is 3. The van der Waals surface area contributed by atoms with E-state index >= 15 is 0 Å². The van der Waals surface area contributed by atoms with Crippen LogP contribution in [0.4, 0.5) is 13.2 Å². The van der Waals surface area contributed by atoms with Gasteiger partial charge in [0, 0.05) is 18.2 Å². The van der Waals surface area contributed by atoms with Crippen molar-refractivity contribution in [2.75, 3.05) is 0 Å². The van der Waals surface area contributed by atoms with Crippen LogP contribution in [0.3, 0.4) is 0 Å². The Bertz CT molecular complexity index is 1070. The Morgan fingerprint density at radius 2 is 1.90 bits per heavy atom. The first-order chi connectivity index (χ1) is 13.6. The van der Waals surface area contributed by atoms with Gasteiger partial charge in [-0.05, 0) is 47.1 Å². The Balaban J connectivity index is 1.92. The van der Waals surface area contributed by atoms with E-state index in [9.17, 15) is 18.0 Å². The van der Waals surface area contributed by atoms with E-state index in [1.54, 1.807) is 20.0 Å². The number of nitrogens with two attached hydrogens (primary N) is 1. The highest BCUT2D eigenvalue weighted by atomic mass is 79.9. The summed E-state index contributed by atoms with van der Waals surface area (Å²) in [5.41, 5.74) is 4.69. The molecule has 29 heavy (non-hydrogen) atoms. The van der Waals surface area contributed by atoms with Gasteiger partial charge in [-0.1, -0.05) is 18.2 Å². The number of carbonyl (C=O) groups is 1. The predicted octanol–water partition coefficient (Wildman–Crippen LogP) is 4.50. The first-order valence-corrected chi connectivity index (χ1v) is 9.20. The Labute approximate surface area is 172 Å². The number of hydrogen-bond donors (Lipinski definition) is 1. The minimum absolute atomic E-state index is 0.0690. The Kier molecular flexibility index (Phi) is 5.65. The maximum Gasteiger partial charge on any atom is 0.417 e. The lowest BCUT2D eigenvalue weighted by Crippen LogP contribution is -2.13. The lowest BCUT2D eigenvalue weighted by atomic mass is 10.1. The van der Waals surface area contributed by atoms with E-state index in [1.807, 2.05) is 0 Å². The molecule has 10 heteroatoms. The van der Waals surface area contributed by atoms with Crippen LogP contribution in [-0.2, 0) is 13.2 Å². The minimum atomic E-state index is -4.52. The van der Waals surface area contributed by atoms with Gasteiger partial charge >= 0.3 is 6.18 Å². The van der Waals surface area contributed by atoms with E-state index < -0.39 is 23.8 Å². The number of primary amides is 1. The molecule has 0 aliphatic heterocycles. The summed E-state index contributed by atoms with van der Waals surface area (Å²) in [5, 5.41) is 7.96. The van der Waals surface area contributed by atoms with Crippen molar-refractivity contribution in [2.24, 2.45) is 12.8 Å². The van der Waals surface area contributed by atoms with Gasteiger partial charge in [0.05, 0.1) is 10.0 Å². The van der Waals surface area contributed by atoms with Crippen molar-refractivity contribution in [2.45, 2.75) is 19.2 Å². The molecule has 0 radical (unpaired) electrons. The molecule has 1 aromatic heterocycles. The summed E-state index contributed by atoms with van der Waals surface area (Å²) in [6, 6.07) is 9.78. The molecule has 1 amide bonds. The molecule has 0 saturated carbocycles. The smallest absolute Gasteiger partial charge is 0.417 e. The Morgan fingerprint density at radius 3 is 2.52 bits per heavy atom. The van der Waals surface area contributed by atoms with Gasteiger partial charge in [0.25, 0.3) is 0 Å². The fourth-order valence-electron chi connectivity index (χ4n) is 2.85. The SMILES string of the molecule is C[C@H](Oc1ccc(C(N)=O)cc1Br)c1nnc(-c2ccccc2C(F)(F)F)n1C. The third kappa shape index (κ3) is 4.26. The molecule has 1 atom stereocenters. The normalized spacial score (nSPS) is 12.6. The van der Waals surface area contributed by atoms with Crippen LogP contribution in [0.2, 0.25) is 0 Å². The van der Waals surface area contributed by atoms with Crippen LogP contribution in [0.1, 0.15) is 34.8 Å². The molecule has 0 unspecified atom stereocenters. The van der Waals surface area contributed by atoms with Crippen LogP contribution in [-0.4, -0.2) is 20.7 Å². The van der Waals surface area contributed by atoms with E-state index in [4.69, 9.17) is 10.5 Å². The lowest BCUT2D eigenvalue weighted by molar-refractivity contribution is -0.137. The number of amides is 1. The average molecular weight is 469 g/mol. The van der Waals surface area contributed by atoms with Crippen LogP contribution in [0.5, 0.6) is 5.75 Å². The molecular weight excluding hydrogens is 453 g/mol. The van der Waals surface area contributed by atoms with E-state index in [-0.39, 0.29) is 11.4 Å². The molecule has 0 bridgehead atoms. The zero-order chi connectivity index (χ0) is 21.3. The van der Waals surface area contributed by atoms with Gasteiger partial charge in [0.15, 0.2) is 17.8 Å². The van der Waals surface area contributed by atoms with Crippen molar-refractivity contribution in [1.29, 1.82) is 0 Å². The van der Waals surface area contributed by atoms with Crippen molar-refractivity contribution in [3.8, 4) is 17.1 Å². The minimum Gasteiger partial charge on any atom is -0.482 e. The molecule has 2 N–H and O–H groups in total. The molecule has 3 aromatic rings. The Morgan fingerprint density at radius 1 is 1.21 bits per heavy atom. The zero-order valence-electron chi connectivity index (χ0n) is 15.4. The molecule has 1 heterocycles. The summed E-state index contributed by atoms with van der Waals surface area (Å²) in [7, 11) is 1.57. The van der Waals surface area contributed by atoms with Crippen LogP contribution in [0.15, 0.2) is 46.9 Å². The maximum absolute atomic E-state index is 13.3. The summed E-state index contributed by atoms with van der Waals surface area (Å²) in [6.07, 6.45) is -5.15. The van der Waals surface area contributed by atoms with Crippen molar-refractivity contribution >= 4 is 21.8 Å². The summed E-state index contributed by atoms with van der Waals surface area (Å²) in [6.45, 7) is 1.69. The number of hydrogen-bond acceptors (Lipinski definition) is 4. The molecule has 0 fully saturated rings. The van der Waals surface area contributed by atoms with Gasteiger partial charge in [-0.15, -0.1) is 10.2 Å². The number of rotatable bonds is 5. The highest BCUT2D eigenvalue weighted by Crippen LogP contribution is 2.37. The van der Waals surface area contributed by atoms with E-state index in [1.165, 1.54) is 34.9 Å². The summed E-state index contributed by atoms with van der Waals surface area (Å²) in [4.78, 5) is 11.2. The third-order valence-electron chi connectivity index (χ3n) is 4.27. The van der Waals surface area contributed by atoms with Crippen LogP contribution >= 0.6 is 15.9 Å². The molecule has 0 saturated heterocycles. The molecule has 6 nitrogen and oxygen atoms in total. The molecule has 0 aliphatic carbocycles. The molecule has 3 rings (SSSR count). The first-order valence-electron chi connectivity index (χ1n) is 8.41. The van der Waals surface area contributed by atoms with E-state index in [2.05, 4.69) is 26.1 Å².